The van der Waals surface area contributed by atoms with Gasteiger partial charge in [-0.1, -0.05) is 0 Å². The number of hydrogen-bond acceptors (Lipinski definition) is 5. The Morgan fingerprint density at radius 1 is 1.24 bits per heavy atom. The number of nitrogens with one attached hydrogen (secondary N) is 2. The number of piperazine rings is 1. The molecule has 0 atom stereocenters. The molecule has 0 bridgehead atoms. The molecule has 3 rings (SSSR count). The molecule has 2 heterocycles. The van der Waals surface area contributed by atoms with E-state index in [2.05, 4.69) is 26.5 Å². The maximum absolute atomic E-state index is 8.80. The third-order valence-electron chi connectivity index (χ3n) is 3.48. The number of rotatable bonds is 4. The molecular weight excluding hydrogens is 266 g/mol. The van der Waals surface area contributed by atoms with Gasteiger partial charge < -0.3 is 10.1 Å². The Bertz CT molecular complexity index is 622. The summed E-state index contributed by atoms with van der Waals surface area (Å²) in [7, 11) is 0. The van der Waals surface area contributed by atoms with Crippen molar-refractivity contribution in [2.75, 3.05) is 26.2 Å². The van der Waals surface area contributed by atoms with Gasteiger partial charge in [0.25, 0.3) is 0 Å². The molecular formula is C15H17N5O. The van der Waals surface area contributed by atoms with E-state index >= 15 is 0 Å². The molecule has 1 aliphatic heterocycles. The van der Waals surface area contributed by atoms with E-state index in [4.69, 9.17) is 10.00 Å². The molecule has 1 aliphatic rings. The summed E-state index contributed by atoms with van der Waals surface area (Å²) in [5.74, 6) is 1.44. The van der Waals surface area contributed by atoms with Crippen LogP contribution in [0.5, 0.6) is 11.5 Å². The lowest BCUT2D eigenvalue weighted by Crippen LogP contribution is -2.43. The zero-order valence-electron chi connectivity index (χ0n) is 11.7. The van der Waals surface area contributed by atoms with Crippen LogP contribution in [0.1, 0.15) is 11.3 Å². The molecule has 1 saturated heterocycles. The Morgan fingerprint density at radius 3 is 2.71 bits per heavy atom. The minimum absolute atomic E-state index is 0.621. The Morgan fingerprint density at radius 2 is 2.00 bits per heavy atom. The van der Waals surface area contributed by atoms with Gasteiger partial charge in [-0.3, -0.25) is 10.00 Å². The third-order valence-corrected chi connectivity index (χ3v) is 3.48. The lowest BCUT2D eigenvalue weighted by atomic mass is 10.2. The van der Waals surface area contributed by atoms with Gasteiger partial charge in [0.15, 0.2) is 5.75 Å². The highest BCUT2D eigenvalue weighted by atomic mass is 16.5. The normalized spacial score (nSPS) is 15.6. The van der Waals surface area contributed by atoms with Crippen molar-refractivity contribution < 1.29 is 4.74 Å². The molecule has 2 N–H and O–H groups in total. The number of aromatic nitrogens is 2. The highest BCUT2D eigenvalue weighted by Gasteiger charge is 2.14. The van der Waals surface area contributed by atoms with Crippen LogP contribution in [0.25, 0.3) is 0 Å². The first kappa shape index (κ1) is 13.6. The second kappa shape index (κ2) is 6.39. The predicted molar refractivity (Wildman–Crippen MR) is 78.0 cm³/mol. The quantitative estimate of drug-likeness (QED) is 0.888. The molecule has 21 heavy (non-hydrogen) atoms. The van der Waals surface area contributed by atoms with Crippen LogP contribution in [0.15, 0.2) is 30.5 Å². The van der Waals surface area contributed by atoms with E-state index in [-0.39, 0.29) is 0 Å². The number of aromatic amines is 1. The summed E-state index contributed by atoms with van der Waals surface area (Å²) in [5, 5.41) is 19.2. The van der Waals surface area contributed by atoms with E-state index < -0.39 is 0 Å². The van der Waals surface area contributed by atoms with Crippen LogP contribution >= 0.6 is 0 Å². The highest BCUT2D eigenvalue weighted by molar-refractivity contribution is 5.37. The standard InChI is InChI=1S/C15H17N5O/c16-9-12-1-3-13(4-2-12)21-15-10-18-19-14(15)11-20-7-5-17-6-8-20/h1-4,10,17H,5-8,11H2,(H,18,19). The summed E-state index contributed by atoms with van der Waals surface area (Å²) in [4.78, 5) is 2.36. The Labute approximate surface area is 123 Å². The van der Waals surface area contributed by atoms with Gasteiger partial charge >= 0.3 is 0 Å². The van der Waals surface area contributed by atoms with Gasteiger partial charge in [0.05, 0.1) is 23.5 Å². The van der Waals surface area contributed by atoms with Crippen LogP contribution in [0.2, 0.25) is 0 Å². The SMILES string of the molecule is N#Cc1ccc(Oc2cn[nH]c2CN2CCNCC2)cc1. The van der Waals surface area contributed by atoms with Gasteiger partial charge in [-0.15, -0.1) is 0 Å². The van der Waals surface area contributed by atoms with Crippen LogP contribution in [0, 0.1) is 11.3 Å². The molecule has 1 aromatic carbocycles. The van der Waals surface area contributed by atoms with E-state index in [1.807, 2.05) is 0 Å². The van der Waals surface area contributed by atoms with Crippen LogP contribution in [-0.4, -0.2) is 41.3 Å². The second-order valence-electron chi connectivity index (χ2n) is 4.98. The van der Waals surface area contributed by atoms with E-state index in [9.17, 15) is 0 Å². The second-order valence-corrected chi connectivity index (χ2v) is 4.98. The molecule has 0 unspecified atom stereocenters. The molecule has 0 spiro atoms. The lowest BCUT2D eigenvalue weighted by Gasteiger charge is -2.26. The molecule has 1 fully saturated rings. The van der Waals surface area contributed by atoms with Gasteiger partial charge in [-0.25, -0.2) is 0 Å². The maximum atomic E-state index is 8.80. The van der Waals surface area contributed by atoms with E-state index in [0.29, 0.717) is 11.3 Å². The summed E-state index contributed by atoms with van der Waals surface area (Å²) in [6, 6.07) is 9.16. The fourth-order valence-corrected chi connectivity index (χ4v) is 2.32. The molecule has 0 saturated carbocycles. The molecule has 6 heteroatoms. The van der Waals surface area contributed by atoms with Gasteiger partial charge in [0, 0.05) is 32.7 Å². The summed E-state index contributed by atoms with van der Waals surface area (Å²) in [5.41, 5.74) is 1.59. The van der Waals surface area contributed by atoms with Crippen molar-refractivity contribution in [1.82, 2.24) is 20.4 Å². The Kier molecular flexibility index (Phi) is 4.15. The molecule has 0 aliphatic carbocycles. The van der Waals surface area contributed by atoms with E-state index in [1.165, 1.54) is 0 Å². The largest absolute Gasteiger partial charge is 0.454 e. The number of ether oxygens (including phenoxy) is 1. The van der Waals surface area contributed by atoms with Crippen molar-refractivity contribution in [1.29, 1.82) is 5.26 Å². The summed E-state index contributed by atoms with van der Waals surface area (Å²) >= 11 is 0. The van der Waals surface area contributed by atoms with Gasteiger partial charge in [0.1, 0.15) is 5.75 Å². The fraction of sp³-hybridized carbons (Fsp3) is 0.333. The first-order valence-electron chi connectivity index (χ1n) is 6.98. The van der Waals surface area contributed by atoms with Crippen LogP contribution in [0.4, 0.5) is 0 Å². The van der Waals surface area contributed by atoms with Crippen LogP contribution in [-0.2, 0) is 6.54 Å². The molecule has 0 amide bonds. The first-order valence-corrected chi connectivity index (χ1v) is 6.98. The fourth-order valence-electron chi connectivity index (χ4n) is 2.32. The van der Waals surface area contributed by atoms with Gasteiger partial charge in [-0.2, -0.15) is 10.4 Å². The minimum Gasteiger partial charge on any atom is -0.454 e. The van der Waals surface area contributed by atoms with Crippen molar-refractivity contribution in [3.8, 4) is 17.6 Å². The molecule has 1 aromatic heterocycles. The number of hydrogen-bond donors (Lipinski definition) is 2. The first-order chi connectivity index (χ1) is 10.3. The van der Waals surface area contributed by atoms with E-state index in [0.717, 1.165) is 44.2 Å². The summed E-state index contributed by atoms with van der Waals surface area (Å²) in [6.45, 7) is 4.87. The third kappa shape index (κ3) is 3.40. The van der Waals surface area contributed by atoms with Crippen molar-refractivity contribution in [2.24, 2.45) is 0 Å². The number of nitrogens with zero attached hydrogens (tertiary/aromatic N) is 3. The average Bonchev–Trinajstić information content (AvgIpc) is 2.96. The Balaban J connectivity index is 1.68. The van der Waals surface area contributed by atoms with Crippen LogP contribution < -0.4 is 10.1 Å². The van der Waals surface area contributed by atoms with Crippen molar-refractivity contribution >= 4 is 0 Å². The average molecular weight is 283 g/mol. The van der Waals surface area contributed by atoms with Crippen molar-refractivity contribution in [3.05, 3.63) is 41.7 Å². The number of H-pyrrole nitrogens is 1. The van der Waals surface area contributed by atoms with Crippen molar-refractivity contribution in [2.45, 2.75) is 6.54 Å². The molecule has 108 valence electrons. The summed E-state index contributed by atoms with van der Waals surface area (Å²) < 4.78 is 5.85. The van der Waals surface area contributed by atoms with E-state index in [1.54, 1.807) is 30.5 Å². The topological polar surface area (TPSA) is 77.0 Å². The zero-order valence-corrected chi connectivity index (χ0v) is 11.7. The van der Waals surface area contributed by atoms with Gasteiger partial charge in [0.2, 0.25) is 0 Å². The monoisotopic (exact) mass is 283 g/mol. The highest BCUT2D eigenvalue weighted by Crippen LogP contribution is 2.24. The smallest absolute Gasteiger partial charge is 0.169 e. The molecule has 0 radical (unpaired) electrons. The van der Waals surface area contributed by atoms with Gasteiger partial charge in [-0.05, 0) is 24.3 Å². The van der Waals surface area contributed by atoms with Crippen LogP contribution in [0.3, 0.4) is 0 Å². The molecule has 2 aromatic rings. The molecule has 6 nitrogen and oxygen atoms in total. The number of nitriles is 1. The predicted octanol–water partition coefficient (Wildman–Crippen LogP) is 1.48. The number of benzene rings is 1. The zero-order chi connectivity index (χ0) is 14.5. The Hall–Kier alpha value is -2.36. The summed E-state index contributed by atoms with van der Waals surface area (Å²) in [6.07, 6.45) is 1.69. The minimum atomic E-state index is 0.621. The lowest BCUT2D eigenvalue weighted by molar-refractivity contribution is 0.228. The maximum Gasteiger partial charge on any atom is 0.169 e. The van der Waals surface area contributed by atoms with Crippen molar-refractivity contribution in [3.63, 3.8) is 0 Å².